The Hall–Kier alpha value is -1.20. The molecule has 20 heavy (non-hydrogen) atoms. The molecule has 0 aliphatic heterocycles. The number of benzene rings is 1. The molecule has 0 heterocycles. The van der Waals surface area contributed by atoms with Gasteiger partial charge < -0.3 is 4.74 Å². The van der Waals surface area contributed by atoms with Gasteiger partial charge in [-0.05, 0) is 31.5 Å². The second kappa shape index (κ2) is 8.17. The Morgan fingerprint density at radius 3 is 2.05 bits per heavy atom. The maximum absolute atomic E-state index is 12.1. The Balaban J connectivity index is 2.59. The van der Waals surface area contributed by atoms with Crippen LogP contribution < -0.4 is 4.74 Å². The number of rotatable bonds is 8. The molecule has 112 valence electrons. The fourth-order valence-corrected chi connectivity index (χ4v) is 2.56. The monoisotopic (exact) mass is 302 g/mol. The fourth-order valence-electron chi connectivity index (χ4n) is 1.40. The van der Waals surface area contributed by atoms with Crippen LogP contribution in [-0.4, -0.2) is 19.2 Å². The quantitative estimate of drug-likeness (QED) is 0.417. The number of ether oxygens (including phenoxy) is 1. The summed E-state index contributed by atoms with van der Waals surface area (Å²) in [6.07, 6.45) is 0. The predicted molar refractivity (Wildman–Crippen MR) is 73.4 cm³/mol. The number of carbonyl (C=O) groups excluding carboxylic acids is 1. The van der Waals surface area contributed by atoms with Gasteiger partial charge in [0.1, 0.15) is 5.75 Å². The summed E-state index contributed by atoms with van der Waals surface area (Å²) in [6, 6.07) is 6.68. The van der Waals surface area contributed by atoms with Gasteiger partial charge in [0.25, 0.3) is 0 Å². The van der Waals surface area contributed by atoms with Crippen molar-refractivity contribution in [3.63, 3.8) is 0 Å². The number of phosphoric ester groups is 1. The van der Waals surface area contributed by atoms with E-state index in [9.17, 15) is 9.36 Å². The first-order valence-electron chi connectivity index (χ1n) is 6.30. The van der Waals surface area contributed by atoms with Crippen LogP contribution in [0, 0.1) is 0 Å². The Labute approximate surface area is 118 Å². The second-order valence-electron chi connectivity index (χ2n) is 3.79. The van der Waals surface area contributed by atoms with E-state index >= 15 is 0 Å². The molecule has 0 radical (unpaired) electrons. The summed E-state index contributed by atoms with van der Waals surface area (Å²) in [4.78, 5) is 10.8. The second-order valence-corrected chi connectivity index (χ2v) is 5.46. The van der Waals surface area contributed by atoms with E-state index < -0.39 is 7.82 Å². The first kappa shape index (κ1) is 16.9. The molecule has 0 amide bonds. The van der Waals surface area contributed by atoms with Crippen LogP contribution in [0.5, 0.6) is 5.75 Å². The van der Waals surface area contributed by atoms with Crippen molar-refractivity contribution < 1.29 is 27.7 Å². The smallest absolute Gasteiger partial charge is 0.427 e. The average molecular weight is 302 g/mol. The number of carbonyl (C=O) groups is 1. The standard InChI is InChI=1S/C13H19O6P/c1-4-16-20(15,17-5-2)18-10-12-6-8-13(9-7-12)19-11(3)14/h6-9H,4-5,10H2,1-3H3. The van der Waals surface area contributed by atoms with Crippen molar-refractivity contribution in [2.24, 2.45) is 0 Å². The molecule has 6 nitrogen and oxygen atoms in total. The SMILES string of the molecule is CCOP(=O)(OCC)OCc1ccc(OC(C)=O)cc1. The van der Waals surface area contributed by atoms with Crippen LogP contribution in [0.15, 0.2) is 24.3 Å². The Kier molecular flexibility index (Phi) is 6.88. The van der Waals surface area contributed by atoms with Gasteiger partial charge in [-0.1, -0.05) is 12.1 Å². The van der Waals surface area contributed by atoms with Crippen molar-refractivity contribution >= 4 is 13.8 Å². The summed E-state index contributed by atoms with van der Waals surface area (Å²) >= 11 is 0. The van der Waals surface area contributed by atoms with Gasteiger partial charge >= 0.3 is 13.8 Å². The van der Waals surface area contributed by atoms with E-state index in [-0.39, 0.29) is 25.8 Å². The lowest BCUT2D eigenvalue weighted by Gasteiger charge is -2.16. The summed E-state index contributed by atoms with van der Waals surface area (Å²) in [7, 11) is -3.50. The molecule has 1 aromatic carbocycles. The van der Waals surface area contributed by atoms with Gasteiger partial charge in [-0.3, -0.25) is 18.4 Å². The van der Waals surface area contributed by atoms with E-state index in [0.717, 1.165) is 5.56 Å². The van der Waals surface area contributed by atoms with Crippen LogP contribution >= 0.6 is 7.82 Å². The largest absolute Gasteiger partial charge is 0.475 e. The van der Waals surface area contributed by atoms with Crippen LogP contribution in [0.3, 0.4) is 0 Å². The molecule has 0 aromatic heterocycles. The zero-order valence-electron chi connectivity index (χ0n) is 11.8. The molecule has 7 heteroatoms. The third kappa shape index (κ3) is 5.84. The normalized spacial score (nSPS) is 11.3. The summed E-state index contributed by atoms with van der Waals surface area (Å²) in [6.45, 7) is 5.31. The van der Waals surface area contributed by atoms with Crippen LogP contribution in [0.25, 0.3) is 0 Å². The minimum Gasteiger partial charge on any atom is -0.427 e. The zero-order chi connectivity index (χ0) is 15.0. The Morgan fingerprint density at radius 2 is 1.60 bits per heavy atom. The van der Waals surface area contributed by atoms with Crippen LogP contribution in [-0.2, 0) is 29.5 Å². The molecule has 0 atom stereocenters. The molecule has 0 saturated heterocycles. The van der Waals surface area contributed by atoms with Crippen LogP contribution in [0.1, 0.15) is 26.3 Å². The van der Waals surface area contributed by atoms with Gasteiger partial charge in [0.05, 0.1) is 19.8 Å². The van der Waals surface area contributed by atoms with Crippen molar-refractivity contribution in [2.45, 2.75) is 27.4 Å². The number of phosphoric acid groups is 1. The summed E-state index contributed by atoms with van der Waals surface area (Å²) in [5, 5.41) is 0. The third-order valence-corrected chi connectivity index (χ3v) is 3.74. The molecule has 0 unspecified atom stereocenters. The Bertz CT molecular complexity index is 460. The number of hydrogen-bond donors (Lipinski definition) is 0. The molecule has 0 aliphatic carbocycles. The van der Waals surface area contributed by atoms with Crippen molar-refractivity contribution in [3.8, 4) is 5.75 Å². The molecule has 1 aromatic rings. The maximum Gasteiger partial charge on any atom is 0.475 e. The summed E-state index contributed by atoms with van der Waals surface area (Å²) in [5.41, 5.74) is 0.764. The topological polar surface area (TPSA) is 71.1 Å². The zero-order valence-corrected chi connectivity index (χ0v) is 12.7. The molecule has 0 saturated carbocycles. The van der Waals surface area contributed by atoms with E-state index in [1.165, 1.54) is 6.92 Å². The van der Waals surface area contributed by atoms with Gasteiger partial charge in [-0.25, -0.2) is 4.57 Å². The van der Waals surface area contributed by atoms with Gasteiger partial charge in [0, 0.05) is 6.92 Å². The molecule has 0 aliphatic rings. The van der Waals surface area contributed by atoms with E-state index in [1.54, 1.807) is 38.1 Å². The van der Waals surface area contributed by atoms with Crippen molar-refractivity contribution in [1.82, 2.24) is 0 Å². The molecule has 0 N–H and O–H groups in total. The first-order chi connectivity index (χ1) is 9.49. The third-order valence-electron chi connectivity index (χ3n) is 2.15. The molecular formula is C13H19O6P. The summed E-state index contributed by atoms with van der Waals surface area (Å²) in [5.74, 6) is 0.0604. The molecular weight excluding hydrogens is 283 g/mol. The minimum absolute atomic E-state index is 0.0810. The van der Waals surface area contributed by atoms with Crippen LogP contribution in [0.4, 0.5) is 0 Å². The van der Waals surface area contributed by atoms with Gasteiger partial charge in [-0.2, -0.15) is 0 Å². The van der Waals surface area contributed by atoms with Gasteiger partial charge in [-0.15, -0.1) is 0 Å². The average Bonchev–Trinajstić information content (AvgIpc) is 2.38. The molecule has 0 bridgehead atoms. The predicted octanol–water partition coefficient (Wildman–Crippen LogP) is 3.31. The van der Waals surface area contributed by atoms with E-state index in [1.807, 2.05) is 0 Å². The first-order valence-corrected chi connectivity index (χ1v) is 7.76. The highest BCUT2D eigenvalue weighted by Crippen LogP contribution is 2.49. The van der Waals surface area contributed by atoms with E-state index in [2.05, 4.69) is 0 Å². The number of hydrogen-bond acceptors (Lipinski definition) is 6. The van der Waals surface area contributed by atoms with E-state index in [0.29, 0.717) is 5.75 Å². The molecule has 1 rings (SSSR count). The lowest BCUT2D eigenvalue weighted by atomic mass is 10.2. The lowest BCUT2D eigenvalue weighted by molar-refractivity contribution is -0.131. The maximum atomic E-state index is 12.1. The fraction of sp³-hybridized carbons (Fsp3) is 0.462. The minimum atomic E-state index is -3.50. The number of esters is 1. The molecule has 0 spiro atoms. The van der Waals surface area contributed by atoms with E-state index in [4.69, 9.17) is 18.3 Å². The summed E-state index contributed by atoms with van der Waals surface area (Å²) < 4.78 is 32.2. The van der Waals surface area contributed by atoms with Crippen molar-refractivity contribution in [2.75, 3.05) is 13.2 Å². The van der Waals surface area contributed by atoms with Gasteiger partial charge in [0.15, 0.2) is 0 Å². The molecule has 0 fully saturated rings. The highest BCUT2D eigenvalue weighted by atomic mass is 31.2. The highest BCUT2D eigenvalue weighted by Gasteiger charge is 2.25. The van der Waals surface area contributed by atoms with Gasteiger partial charge in [0.2, 0.25) is 0 Å². The van der Waals surface area contributed by atoms with Crippen molar-refractivity contribution in [3.05, 3.63) is 29.8 Å². The highest BCUT2D eigenvalue weighted by molar-refractivity contribution is 7.48. The lowest BCUT2D eigenvalue weighted by Crippen LogP contribution is -2.02. The van der Waals surface area contributed by atoms with Crippen molar-refractivity contribution in [1.29, 1.82) is 0 Å². The Morgan fingerprint density at radius 1 is 1.05 bits per heavy atom. The van der Waals surface area contributed by atoms with Crippen LogP contribution in [0.2, 0.25) is 0 Å².